The number of ether oxygens (including phenoxy) is 1. The third-order valence-corrected chi connectivity index (χ3v) is 9.16. The number of carbonyl (C=O) groups excluding carboxylic acids is 2. The second-order valence-electron chi connectivity index (χ2n) is 7.82. The van der Waals surface area contributed by atoms with Crippen molar-refractivity contribution in [2.75, 3.05) is 24.6 Å². The minimum Gasteiger partial charge on any atom is -0.452 e. The Morgan fingerprint density at radius 3 is 2.32 bits per heavy atom. The van der Waals surface area contributed by atoms with Crippen LogP contribution >= 0.6 is 0 Å². The number of halogens is 1. The molecule has 0 unspecified atom stereocenters. The molecule has 0 bridgehead atoms. The number of amides is 1. The Kier molecular flexibility index (Phi) is 7.01. The Labute approximate surface area is 180 Å². The van der Waals surface area contributed by atoms with E-state index < -0.39 is 55.6 Å². The number of piperidine rings is 1. The van der Waals surface area contributed by atoms with Crippen molar-refractivity contribution in [3.8, 4) is 0 Å². The van der Waals surface area contributed by atoms with Crippen molar-refractivity contribution in [3.63, 3.8) is 0 Å². The van der Waals surface area contributed by atoms with Crippen LogP contribution < -0.4 is 5.32 Å². The van der Waals surface area contributed by atoms with Crippen molar-refractivity contribution in [1.82, 2.24) is 9.62 Å². The zero-order chi connectivity index (χ0) is 22.8. The lowest BCUT2D eigenvalue weighted by Gasteiger charge is -2.30. The average molecular weight is 477 g/mol. The molecule has 172 valence electrons. The van der Waals surface area contributed by atoms with Gasteiger partial charge in [-0.25, -0.2) is 21.2 Å². The molecule has 31 heavy (non-hydrogen) atoms. The van der Waals surface area contributed by atoms with Gasteiger partial charge in [0.15, 0.2) is 15.9 Å². The fourth-order valence-electron chi connectivity index (χ4n) is 3.64. The number of nitrogens with zero attached hydrogens (tertiary/aromatic N) is 1. The van der Waals surface area contributed by atoms with Crippen LogP contribution in [0.15, 0.2) is 29.2 Å². The van der Waals surface area contributed by atoms with Crippen LogP contribution in [0.5, 0.6) is 0 Å². The molecule has 0 radical (unpaired) electrons. The van der Waals surface area contributed by atoms with Crippen LogP contribution in [0.25, 0.3) is 0 Å². The lowest BCUT2D eigenvalue weighted by Crippen LogP contribution is -2.44. The summed E-state index contributed by atoms with van der Waals surface area (Å²) in [6.45, 7) is 1.60. The monoisotopic (exact) mass is 476 g/mol. The molecule has 2 aliphatic heterocycles. The normalized spacial score (nSPS) is 23.2. The Hall–Kier alpha value is -2.05. The Balaban J connectivity index is 1.49. The first-order valence-corrected chi connectivity index (χ1v) is 13.2. The fraction of sp³-hybridized carbons (Fsp3) is 0.579. The van der Waals surface area contributed by atoms with Crippen molar-refractivity contribution < 1.29 is 35.6 Å². The predicted octanol–water partition coefficient (Wildman–Crippen LogP) is 0.461. The molecule has 9 nitrogen and oxygen atoms in total. The minimum atomic E-state index is -3.79. The Bertz CT molecular complexity index is 1030. The Morgan fingerprint density at radius 2 is 1.77 bits per heavy atom. The van der Waals surface area contributed by atoms with Gasteiger partial charge in [-0.1, -0.05) is 0 Å². The number of sulfonamides is 1. The van der Waals surface area contributed by atoms with E-state index in [1.807, 2.05) is 0 Å². The summed E-state index contributed by atoms with van der Waals surface area (Å²) in [7, 11) is -6.93. The molecule has 2 saturated heterocycles. The van der Waals surface area contributed by atoms with Crippen LogP contribution in [0, 0.1) is 11.7 Å². The first-order chi connectivity index (χ1) is 14.5. The van der Waals surface area contributed by atoms with Gasteiger partial charge in [0, 0.05) is 19.1 Å². The Morgan fingerprint density at radius 1 is 1.16 bits per heavy atom. The number of rotatable bonds is 6. The van der Waals surface area contributed by atoms with E-state index in [1.54, 1.807) is 0 Å². The summed E-state index contributed by atoms with van der Waals surface area (Å²) in [5.74, 6) is -2.35. The molecule has 1 aromatic carbocycles. The van der Waals surface area contributed by atoms with Gasteiger partial charge in [0.25, 0.3) is 5.91 Å². The first kappa shape index (κ1) is 23.6. The van der Waals surface area contributed by atoms with E-state index in [4.69, 9.17) is 4.74 Å². The molecule has 2 fully saturated rings. The zero-order valence-electron chi connectivity index (χ0n) is 17.0. The maximum Gasteiger partial charge on any atom is 0.309 e. The van der Waals surface area contributed by atoms with Gasteiger partial charge in [-0.3, -0.25) is 9.59 Å². The smallest absolute Gasteiger partial charge is 0.309 e. The van der Waals surface area contributed by atoms with Crippen molar-refractivity contribution in [3.05, 3.63) is 30.1 Å². The summed E-state index contributed by atoms with van der Waals surface area (Å²) in [5.41, 5.74) is 0. The second-order valence-corrected chi connectivity index (χ2v) is 12.0. The zero-order valence-corrected chi connectivity index (χ0v) is 18.6. The van der Waals surface area contributed by atoms with Crippen LogP contribution in [-0.4, -0.2) is 69.8 Å². The molecule has 1 amide bonds. The van der Waals surface area contributed by atoms with Gasteiger partial charge in [0.1, 0.15) is 5.82 Å². The number of hydrogen-bond acceptors (Lipinski definition) is 7. The molecule has 0 aromatic heterocycles. The van der Waals surface area contributed by atoms with Crippen molar-refractivity contribution in [2.24, 2.45) is 5.92 Å². The summed E-state index contributed by atoms with van der Waals surface area (Å²) < 4.78 is 67.8. The van der Waals surface area contributed by atoms with E-state index in [2.05, 4.69) is 5.32 Å². The maximum absolute atomic E-state index is 13.1. The summed E-state index contributed by atoms with van der Waals surface area (Å²) >= 11 is 0. The van der Waals surface area contributed by atoms with Gasteiger partial charge < -0.3 is 10.1 Å². The summed E-state index contributed by atoms with van der Waals surface area (Å²) in [6.07, 6.45) is -0.296. The number of benzene rings is 1. The largest absolute Gasteiger partial charge is 0.452 e. The summed E-state index contributed by atoms with van der Waals surface area (Å²) in [5, 5.41) is 2.58. The van der Waals surface area contributed by atoms with Gasteiger partial charge in [-0.2, -0.15) is 4.31 Å². The van der Waals surface area contributed by atoms with Gasteiger partial charge >= 0.3 is 5.97 Å². The average Bonchev–Trinajstić information content (AvgIpc) is 3.06. The maximum atomic E-state index is 13.1. The predicted molar refractivity (Wildman–Crippen MR) is 109 cm³/mol. The molecule has 1 aromatic rings. The van der Waals surface area contributed by atoms with E-state index in [1.165, 1.54) is 23.4 Å². The fourth-order valence-corrected chi connectivity index (χ4v) is 6.78. The van der Waals surface area contributed by atoms with Crippen LogP contribution in [0.4, 0.5) is 4.39 Å². The van der Waals surface area contributed by atoms with Gasteiger partial charge in [-0.05, 0) is 50.5 Å². The topological polar surface area (TPSA) is 127 Å². The third-order valence-electron chi connectivity index (χ3n) is 5.48. The van der Waals surface area contributed by atoms with E-state index in [9.17, 15) is 30.8 Å². The molecule has 0 saturated carbocycles. The number of hydrogen-bond donors (Lipinski definition) is 1. The van der Waals surface area contributed by atoms with Gasteiger partial charge in [0.05, 0.1) is 22.3 Å². The second kappa shape index (κ2) is 9.21. The van der Waals surface area contributed by atoms with Crippen LogP contribution in [0.1, 0.15) is 26.2 Å². The lowest BCUT2D eigenvalue weighted by atomic mass is 9.98. The lowest BCUT2D eigenvalue weighted by molar-refractivity contribution is -0.160. The van der Waals surface area contributed by atoms with Crippen LogP contribution in [-0.2, 0) is 34.2 Å². The summed E-state index contributed by atoms with van der Waals surface area (Å²) in [6, 6.07) is 4.05. The molecule has 0 spiro atoms. The molecule has 1 N–H and O–H groups in total. The molecule has 12 heteroatoms. The number of nitrogens with one attached hydrogen (secondary N) is 1. The number of carbonyl (C=O) groups is 2. The van der Waals surface area contributed by atoms with Crippen LogP contribution in [0.3, 0.4) is 0 Å². The molecule has 3 rings (SSSR count). The third kappa shape index (κ3) is 5.80. The first-order valence-electron chi connectivity index (χ1n) is 9.95. The molecular formula is C19H25FN2O7S2. The van der Waals surface area contributed by atoms with E-state index in [0.29, 0.717) is 6.42 Å². The summed E-state index contributed by atoms with van der Waals surface area (Å²) in [4.78, 5) is 24.6. The standard InChI is InChI=1S/C19H25FN2O7S2/c1-13(18(23)21-16-8-11-30(25,26)12-16)29-19(24)14-6-9-22(10-7-14)31(27,28)17-4-2-15(20)3-5-17/h2-5,13-14,16H,6-12H2,1H3,(H,21,23)/t13-,16-/m1/s1. The van der Waals surface area contributed by atoms with Crippen molar-refractivity contribution in [2.45, 2.75) is 43.2 Å². The number of esters is 1. The highest BCUT2D eigenvalue weighted by molar-refractivity contribution is 7.91. The van der Waals surface area contributed by atoms with E-state index >= 15 is 0 Å². The molecule has 0 aliphatic carbocycles. The van der Waals surface area contributed by atoms with Gasteiger partial charge in [0.2, 0.25) is 10.0 Å². The van der Waals surface area contributed by atoms with E-state index in [0.717, 1.165) is 12.1 Å². The molecule has 2 heterocycles. The van der Waals surface area contributed by atoms with Crippen LogP contribution in [0.2, 0.25) is 0 Å². The quantitative estimate of drug-likeness (QED) is 0.591. The highest BCUT2D eigenvalue weighted by Crippen LogP contribution is 2.25. The SMILES string of the molecule is C[C@@H](OC(=O)C1CCN(S(=O)(=O)c2ccc(F)cc2)CC1)C(=O)N[C@@H]1CCS(=O)(=O)C1. The van der Waals surface area contributed by atoms with Crippen molar-refractivity contribution >= 4 is 31.7 Å². The minimum absolute atomic E-state index is 0.0193. The highest BCUT2D eigenvalue weighted by Gasteiger charge is 2.35. The molecular weight excluding hydrogens is 451 g/mol. The highest BCUT2D eigenvalue weighted by atomic mass is 32.2. The van der Waals surface area contributed by atoms with E-state index in [-0.39, 0.29) is 42.3 Å². The molecule has 2 atom stereocenters. The van der Waals surface area contributed by atoms with Gasteiger partial charge in [-0.15, -0.1) is 0 Å². The molecule has 2 aliphatic rings. The number of sulfone groups is 1. The van der Waals surface area contributed by atoms with Crippen molar-refractivity contribution in [1.29, 1.82) is 0 Å².